The molecule has 214 valence electrons. The molecular weight excluding hydrogens is 486 g/mol. The lowest BCUT2D eigenvalue weighted by Crippen LogP contribution is -2.84. The Kier molecular flexibility index (Phi) is 5.43. The predicted octanol–water partition coefficient (Wildman–Crippen LogP) is 6.05. The highest BCUT2D eigenvalue weighted by Gasteiger charge is 2.84. The molecule has 4 bridgehead atoms. The fourth-order valence-corrected chi connectivity index (χ4v) is 9.99. The van der Waals surface area contributed by atoms with E-state index in [0.29, 0.717) is 12.6 Å². The summed E-state index contributed by atoms with van der Waals surface area (Å²) in [7, 11) is 1.84. The van der Waals surface area contributed by atoms with Crippen molar-refractivity contribution in [3.8, 4) is 11.5 Å². The molecule has 0 amide bonds. The summed E-state index contributed by atoms with van der Waals surface area (Å²) in [6.45, 7) is 16.1. The molecular formula is C34H49NO4. The third-order valence-electron chi connectivity index (χ3n) is 12.8. The van der Waals surface area contributed by atoms with Gasteiger partial charge in [0.25, 0.3) is 0 Å². The number of unbranched alkanes of at least 4 members (excludes halogenated alkanes) is 1. The Morgan fingerprint density at radius 2 is 1.92 bits per heavy atom. The summed E-state index contributed by atoms with van der Waals surface area (Å²) in [5, 5.41) is 12.6. The second kappa shape index (κ2) is 8.04. The molecule has 0 unspecified atom stereocenters. The number of hydrogen-bond donors (Lipinski definition) is 1. The molecule has 7 atom stereocenters. The molecule has 0 aromatic heterocycles. The molecule has 1 N–H and O–H groups in total. The van der Waals surface area contributed by atoms with Gasteiger partial charge in [-0.2, -0.15) is 0 Å². The van der Waals surface area contributed by atoms with Crippen LogP contribution in [0.4, 0.5) is 0 Å². The van der Waals surface area contributed by atoms with Crippen LogP contribution in [-0.4, -0.2) is 60.2 Å². The Hall–Kier alpha value is -1.56. The van der Waals surface area contributed by atoms with E-state index >= 15 is 0 Å². The van der Waals surface area contributed by atoms with Gasteiger partial charge in [-0.05, 0) is 75.0 Å². The second-order valence-electron chi connectivity index (χ2n) is 15.2. The van der Waals surface area contributed by atoms with Crippen molar-refractivity contribution in [2.45, 2.75) is 115 Å². The Morgan fingerprint density at radius 3 is 2.59 bits per heavy atom. The third-order valence-corrected chi connectivity index (χ3v) is 12.8. The van der Waals surface area contributed by atoms with Gasteiger partial charge in [0.15, 0.2) is 11.5 Å². The number of nitrogens with zero attached hydrogens (tertiary/aromatic N) is 1. The van der Waals surface area contributed by atoms with Crippen LogP contribution in [0.15, 0.2) is 24.3 Å². The fourth-order valence-electron chi connectivity index (χ4n) is 9.99. The number of ether oxygens (including phenoxy) is 3. The molecule has 0 radical (unpaired) electrons. The second-order valence-corrected chi connectivity index (χ2v) is 15.2. The normalized spacial score (nSPS) is 41.2. The molecule has 1 aromatic carbocycles. The molecule has 1 aromatic rings. The lowest BCUT2D eigenvalue weighted by molar-refractivity contribution is -0.305. The fraction of sp³-hybridized carbons (Fsp3) is 0.765. The SMILES string of the molecule is CCCCOc1ccc2c3c1O[C@H]1[C@@]4(OC)C=C[C@@]5(C[C@]4(C)[C@](C)(O)C(C)(C)C)[C@@H](C2)N(CC2CC2)CC[C@]315. The zero-order valence-electron chi connectivity index (χ0n) is 25.2. The number of methoxy groups -OCH3 is 1. The summed E-state index contributed by atoms with van der Waals surface area (Å²) in [6, 6.07) is 4.89. The summed E-state index contributed by atoms with van der Waals surface area (Å²) in [5.74, 6) is 2.68. The van der Waals surface area contributed by atoms with Crippen LogP contribution in [0.25, 0.3) is 0 Å². The molecule has 5 nitrogen and oxygen atoms in total. The number of piperidine rings is 1. The summed E-state index contributed by atoms with van der Waals surface area (Å²) < 4.78 is 20.4. The first kappa shape index (κ1) is 26.3. The molecule has 5 aliphatic carbocycles. The number of likely N-dealkylation sites (tertiary alicyclic amines) is 1. The Morgan fingerprint density at radius 1 is 1.15 bits per heavy atom. The maximum Gasteiger partial charge on any atom is 0.166 e. The lowest BCUT2D eigenvalue weighted by atomic mass is 9.32. The van der Waals surface area contributed by atoms with Gasteiger partial charge in [-0.15, -0.1) is 0 Å². The van der Waals surface area contributed by atoms with Crippen LogP contribution in [0.5, 0.6) is 11.5 Å². The highest BCUT2D eigenvalue weighted by molar-refractivity contribution is 5.66. The Balaban J connectivity index is 1.47. The van der Waals surface area contributed by atoms with E-state index in [1.165, 1.54) is 30.5 Å². The minimum atomic E-state index is -0.996. The van der Waals surface area contributed by atoms with Gasteiger partial charge in [0, 0.05) is 36.1 Å². The van der Waals surface area contributed by atoms with Gasteiger partial charge < -0.3 is 19.3 Å². The lowest BCUT2D eigenvalue weighted by Gasteiger charge is -2.76. The molecule has 2 aliphatic heterocycles. The number of benzene rings is 1. The molecule has 3 fully saturated rings. The predicted molar refractivity (Wildman–Crippen MR) is 153 cm³/mol. The van der Waals surface area contributed by atoms with Crippen molar-refractivity contribution in [2.24, 2.45) is 22.2 Å². The highest BCUT2D eigenvalue weighted by Crippen LogP contribution is 2.79. The van der Waals surface area contributed by atoms with Gasteiger partial charge in [0.05, 0.1) is 17.6 Å². The van der Waals surface area contributed by atoms with Gasteiger partial charge >= 0.3 is 0 Å². The number of hydrogen-bond acceptors (Lipinski definition) is 5. The van der Waals surface area contributed by atoms with Crippen LogP contribution < -0.4 is 9.47 Å². The smallest absolute Gasteiger partial charge is 0.166 e. The standard InChI is InChI=1S/C34H49NO4/c1-8-9-18-38-24-13-12-23-19-25-32-14-15-34(37-7,30(5,21-32)31(6,36)29(2,3)4)28-33(32,26(23)27(24)39-28)16-17-35(25)20-22-10-11-22/h12-15,22,25,28,36H,8-11,16-21H2,1-7H3/t25-,28-,30-,31-,32-,33+,34+/m1/s1. The van der Waals surface area contributed by atoms with Gasteiger partial charge in [-0.25, -0.2) is 0 Å². The van der Waals surface area contributed by atoms with Crippen molar-refractivity contribution < 1.29 is 19.3 Å². The minimum Gasteiger partial charge on any atom is -0.490 e. The monoisotopic (exact) mass is 535 g/mol. The van der Waals surface area contributed by atoms with Crippen LogP contribution in [-0.2, 0) is 16.6 Å². The van der Waals surface area contributed by atoms with Crippen LogP contribution in [0.1, 0.15) is 91.2 Å². The van der Waals surface area contributed by atoms with Crippen LogP contribution in [0.2, 0.25) is 0 Å². The number of fused-ring (bicyclic) bond motifs is 1. The maximum atomic E-state index is 12.6. The molecule has 5 heteroatoms. The first-order valence-corrected chi connectivity index (χ1v) is 15.6. The molecule has 7 aliphatic rings. The van der Waals surface area contributed by atoms with Crippen molar-refractivity contribution in [1.29, 1.82) is 0 Å². The zero-order valence-corrected chi connectivity index (χ0v) is 25.2. The average Bonchev–Trinajstić information content (AvgIpc) is 3.63. The van der Waals surface area contributed by atoms with Crippen LogP contribution in [0.3, 0.4) is 0 Å². The van der Waals surface area contributed by atoms with E-state index in [1.807, 2.05) is 7.11 Å². The van der Waals surface area contributed by atoms with E-state index in [1.54, 1.807) is 0 Å². The van der Waals surface area contributed by atoms with Crippen molar-refractivity contribution in [1.82, 2.24) is 4.90 Å². The minimum absolute atomic E-state index is 0.130. The molecule has 8 rings (SSSR count). The summed E-state index contributed by atoms with van der Waals surface area (Å²) in [6.07, 6.45) is 12.5. The molecule has 39 heavy (non-hydrogen) atoms. The maximum absolute atomic E-state index is 12.6. The highest BCUT2D eigenvalue weighted by atomic mass is 16.6. The summed E-state index contributed by atoms with van der Waals surface area (Å²) in [4.78, 5) is 2.83. The summed E-state index contributed by atoms with van der Waals surface area (Å²) in [5.41, 5.74) is -0.134. The summed E-state index contributed by atoms with van der Waals surface area (Å²) >= 11 is 0. The van der Waals surface area contributed by atoms with Crippen LogP contribution in [0, 0.1) is 22.2 Å². The van der Waals surface area contributed by atoms with Crippen LogP contribution >= 0.6 is 0 Å². The van der Waals surface area contributed by atoms with E-state index in [-0.39, 0.29) is 22.3 Å². The molecule has 2 heterocycles. The first-order chi connectivity index (χ1) is 18.4. The quantitative estimate of drug-likeness (QED) is 0.324. The van der Waals surface area contributed by atoms with E-state index in [2.05, 4.69) is 70.7 Å². The van der Waals surface area contributed by atoms with Crippen molar-refractivity contribution in [2.75, 3.05) is 26.8 Å². The average molecular weight is 536 g/mol. The van der Waals surface area contributed by atoms with Crippen molar-refractivity contribution >= 4 is 0 Å². The molecule has 2 spiro atoms. The van der Waals surface area contributed by atoms with Gasteiger partial charge in [-0.1, -0.05) is 59.3 Å². The van der Waals surface area contributed by atoms with Crippen molar-refractivity contribution in [3.05, 3.63) is 35.4 Å². The Labute approximate surface area is 235 Å². The largest absolute Gasteiger partial charge is 0.490 e. The van der Waals surface area contributed by atoms with E-state index in [0.717, 1.165) is 56.1 Å². The van der Waals surface area contributed by atoms with E-state index in [9.17, 15) is 5.11 Å². The topological polar surface area (TPSA) is 51.2 Å². The van der Waals surface area contributed by atoms with E-state index < -0.39 is 16.6 Å². The van der Waals surface area contributed by atoms with Gasteiger partial charge in [0.2, 0.25) is 0 Å². The number of aliphatic hydroxyl groups is 1. The third kappa shape index (κ3) is 2.93. The van der Waals surface area contributed by atoms with Gasteiger partial charge in [0.1, 0.15) is 11.7 Å². The number of rotatable bonds is 8. The van der Waals surface area contributed by atoms with E-state index in [4.69, 9.17) is 14.2 Å². The van der Waals surface area contributed by atoms with Crippen molar-refractivity contribution in [3.63, 3.8) is 0 Å². The molecule has 2 saturated carbocycles. The first-order valence-electron chi connectivity index (χ1n) is 15.6. The van der Waals surface area contributed by atoms with Gasteiger partial charge in [-0.3, -0.25) is 4.90 Å². The zero-order chi connectivity index (χ0) is 27.6. The molecule has 1 saturated heterocycles. The Bertz CT molecular complexity index is 1210.